The van der Waals surface area contributed by atoms with Crippen molar-refractivity contribution in [2.75, 3.05) is 25.5 Å². The van der Waals surface area contributed by atoms with Gasteiger partial charge in [0, 0.05) is 9.61 Å². The van der Waals surface area contributed by atoms with Gasteiger partial charge in [0.1, 0.15) is 11.4 Å². The SMILES string of the molecule is CNC(C)C1(O)CN(C(=O)c2ccc(F)c(F)c2Nc2ccc(I)cc2F)C1. The molecule has 1 saturated heterocycles. The van der Waals surface area contributed by atoms with Crippen LogP contribution in [0.1, 0.15) is 17.3 Å². The molecule has 3 N–H and O–H groups in total. The summed E-state index contributed by atoms with van der Waals surface area (Å²) in [6.07, 6.45) is 0. The number of likely N-dealkylation sites (N-methyl/N-ethyl adjacent to an activating group) is 1. The van der Waals surface area contributed by atoms with E-state index >= 15 is 0 Å². The lowest BCUT2D eigenvalue weighted by atomic mass is 9.86. The first kappa shape index (κ1) is 20.9. The Bertz CT molecular complexity index is 920. The van der Waals surface area contributed by atoms with E-state index in [1.54, 1.807) is 20.0 Å². The van der Waals surface area contributed by atoms with E-state index in [1.807, 2.05) is 22.6 Å². The third kappa shape index (κ3) is 3.83. The second-order valence-corrected chi connectivity index (χ2v) is 8.05. The number of carbonyl (C=O) groups excluding carboxylic acids is 1. The number of rotatable bonds is 5. The largest absolute Gasteiger partial charge is 0.385 e. The predicted octanol–water partition coefficient (Wildman–Crippen LogP) is 3.25. The first-order valence-electron chi connectivity index (χ1n) is 8.55. The Labute approximate surface area is 174 Å². The van der Waals surface area contributed by atoms with Gasteiger partial charge in [-0.2, -0.15) is 0 Å². The highest BCUT2D eigenvalue weighted by Crippen LogP contribution is 2.32. The van der Waals surface area contributed by atoms with Crippen molar-refractivity contribution in [3.8, 4) is 0 Å². The topological polar surface area (TPSA) is 64.6 Å². The van der Waals surface area contributed by atoms with Crippen LogP contribution in [0, 0.1) is 21.0 Å². The summed E-state index contributed by atoms with van der Waals surface area (Å²) in [6, 6.07) is 5.95. The molecule has 0 radical (unpaired) electrons. The lowest BCUT2D eigenvalue weighted by Crippen LogP contribution is -2.70. The molecule has 2 aromatic carbocycles. The molecule has 1 heterocycles. The highest BCUT2D eigenvalue weighted by molar-refractivity contribution is 14.1. The average Bonchev–Trinajstić information content (AvgIpc) is 2.63. The summed E-state index contributed by atoms with van der Waals surface area (Å²) in [7, 11) is 1.69. The molecule has 5 nitrogen and oxygen atoms in total. The molecule has 3 rings (SSSR count). The number of nitrogens with one attached hydrogen (secondary N) is 2. The minimum absolute atomic E-state index is 0.0458. The van der Waals surface area contributed by atoms with Crippen LogP contribution in [0.25, 0.3) is 0 Å². The maximum atomic E-state index is 14.4. The number of anilines is 2. The van der Waals surface area contributed by atoms with Gasteiger partial charge in [-0.3, -0.25) is 4.79 Å². The zero-order valence-corrected chi connectivity index (χ0v) is 17.4. The summed E-state index contributed by atoms with van der Waals surface area (Å²) in [5.41, 5.74) is -1.76. The molecule has 1 atom stereocenters. The van der Waals surface area contributed by atoms with E-state index in [-0.39, 0.29) is 30.4 Å². The fourth-order valence-corrected chi connectivity index (χ4v) is 3.50. The zero-order chi connectivity index (χ0) is 20.6. The maximum Gasteiger partial charge on any atom is 0.256 e. The Morgan fingerprint density at radius 1 is 1.21 bits per heavy atom. The summed E-state index contributed by atoms with van der Waals surface area (Å²) in [4.78, 5) is 14.1. The van der Waals surface area contributed by atoms with E-state index in [4.69, 9.17) is 0 Å². The zero-order valence-electron chi connectivity index (χ0n) is 15.2. The molecule has 0 aliphatic carbocycles. The molecule has 0 spiro atoms. The number of halogens is 4. The van der Waals surface area contributed by atoms with Crippen molar-refractivity contribution in [2.45, 2.75) is 18.6 Å². The molecule has 0 saturated carbocycles. The van der Waals surface area contributed by atoms with Gasteiger partial charge in [-0.15, -0.1) is 0 Å². The van der Waals surface area contributed by atoms with Crippen LogP contribution in [-0.4, -0.2) is 47.7 Å². The van der Waals surface area contributed by atoms with Gasteiger partial charge < -0.3 is 20.6 Å². The number of aliphatic hydroxyl groups is 1. The van der Waals surface area contributed by atoms with Gasteiger partial charge in [-0.25, -0.2) is 13.2 Å². The van der Waals surface area contributed by atoms with Crippen LogP contribution in [0.15, 0.2) is 30.3 Å². The molecule has 1 aliphatic heterocycles. The molecule has 150 valence electrons. The molecule has 1 aliphatic rings. The van der Waals surface area contributed by atoms with Crippen molar-refractivity contribution < 1.29 is 23.1 Å². The predicted molar refractivity (Wildman–Crippen MR) is 108 cm³/mol. The Hall–Kier alpha value is -1.85. The molecule has 9 heteroatoms. The van der Waals surface area contributed by atoms with Crippen LogP contribution < -0.4 is 10.6 Å². The van der Waals surface area contributed by atoms with E-state index in [0.29, 0.717) is 3.57 Å². The Morgan fingerprint density at radius 2 is 1.89 bits per heavy atom. The third-order valence-electron chi connectivity index (χ3n) is 4.97. The van der Waals surface area contributed by atoms with Crippen molar-refractivity contribution in [1.29, 1.82) is 0 Å². The number of β-amino-alcohol motifs (C(OH)–C–C–N with tert-alkyl or cyclic N) is 1. The molecule has 1 fully saturated rings. The first-order chi connectivity index (χ1) is 13.2. The van der Waals surface area contributed by atoms with Gasteiger partial charge in [-0.05, 0) is 66.9 Å². The molecular formula is C19H19F3IN3O2. The van der Waals surface area contributed by atoms with Gasteiger partial charge in [0.15, 0.2) is 11.6 Å². The smallest absolute Gasteiger partial charge is 0.256 e. The second-order valence-electron chi connectivity index (χ2n) is 6.81. The highest BCUT2D eigenvalue weighted by Gasteiger charge is 2.47. The van der Waals surface area contributed by atoms with Crippen LogP contribution in [0.4, 0.5) is 24.5 Å². The normalized spacial score (nSPS) is 16.5. The first-order valence-corrected chi connectivity index (χ1v) is 9.63. The monoisotopic (exact) mass is 505 g/mol. The van der Waals surface area contributed by atoms with Gasteiger partial charge in [0.25, 0.3) is 5.91 Å². The fourth-order valence-electron chi connectivity index (χ4n) is 3.05. The number of carbonyl (C=O) groups is 1. The quantitative estimate of drug-likeness (QED) is 0.547. The van der Waals surface area contributed by atoms with Crippen molar-refractivity contribution in [3.63, 3.8) is 0 Å². The summed E-state index contributed by atoms with van der Waals surface area (Å²) in [5, 5.41) is 15.9. The Balaban J connectivity index is 1.90. The number of amides is 1. The minimum Gasteiger partial charge on any atom is -0.385 e. The van der Waals surface area contributed by atoms with Crippen molar-refractivity contribution in [3.05, 3.63) is 56.9 Å². The van der Waals surface area contributed by atoms with Crippen molar-refractivity contribution in [1.82, 2.24) is 10.2 Å². The van der Waals surface area contributed by atoms with E-state index < -0.39 is 34.6 Å². The number of hydrogen-bond acceptors (Lipinski definition) is 4. The minimum atomic E-state index is -1.27. The molecular weight excluding hydrogens is 486 g/mol. The maximum absolute atomic E-state index is 14.4. The fraction of sp³-hybridized carbons (Fsp3) is 0.316. The van der Waals surface area contributed by atoms with E-state index in [1.165, 1.54) is 17.0 Å². The molecule has 2 aromatic rings. The number of nitrogens with zero attached hydrogens (tertiary/aromatic N) is 1. The molecule has 1 amide bonds. The molecule has 28 heavy (non-hydrogen) atoms. The molecule has 1 unspecified atom stereocenters. The lowest BCUT2D eigenvalue weighted by Gasteiger charge is -2.49. The average molecular weight is 505 g/mol. The van der Waals surface area contributed by atoms with Crippen molar-refractivity contribution >= 4 is 39.9 Å². The van der Waals surface area contributed by atoms with Crippen LogP contribution in [0.5, 0.6) is 0 Å². The molecule has 0 bridgehead atoms. The Kier molecular flexibility index (Phi) is 5.87. The van der Waals surface area contributed by atoms with Crippen LogP contribution in [0.3, 0.4) is 0 Å². The van der Waals surface area contributed by atoms with Gasteiger partial charge in [0.2, 0.25) is 0 Å². The van der Waals surface area contributed by atoms with Gasteiger partial charge >= 0.3 is 0 Å². The summed E-state index contributed by atoms with van der Waals surface area (Å²) < 4.78 is 43.0. The van der Waals surface area contributed by atoms with Crippen LogP contribution in [0.2, 0.25) is 0 Å². The number of likely N-dealkylation sites (tertiary alicyclic amines) is 1. The number of benzene rings is 2. The van der Waals surface area contributed by atoms with Crippen molar-refractivity contribution in [2.24, 2.45) is 0 Å². The van der Waals surface area contributed by atoms with Gasteiger partial charge in [0.05, 0.1) is 30.0 Å². The highest BCUT2D eigenvalue weighted by atomic mass is 127. The Morgan fingerprint density at radius 3 is 2.50 bits per heavy atom. The van der Waals surface area contributed by atoms with Crippen LogP contribution >= 0.6 is 22.6 Å². The molecule has 0 aromatic heterocycles. The standard InChI is InChI=1S/C19H19F3IN3O2/c1-10(24-2)19(28)8-26(9-19)18(27)12-4-5-13(20)16(22)17(12)25-15-6-3-11(23)7-14(15)21/h3-7,10,24-25,28H,8-9H2,1-2H3. The van der Waals surface area contributed by atoms with E-state index in [2.05, 4.69) is 10.6 Å². The second kappa shape index (κ2) is 7.88. The summed E-state index contributed by atoms with van der Waals surface area (Å²) >= 11 is 1.92. The number of hydrogen-bond donors (Lipinski definition) is 3. The summed E-state index contributed by atoms with van der Waals surface area (Å²) in [6.45, 7) is 1.88. The third-order valence-corrected chi connectivity index (χ3v) is 5.64. The summed E-state index contributed by atoms with van der Waals surface area (Å²) in [5.74, 6) is -3.67. The van der Waals surface area contributed by atoms with Crippen LogP contribution in [-0.2, 0) is 0 Å². The van der Waals surface area contributed by atoms with Gasteiger partial charge in [-0.1, -0.05) is 0 Å². The van der Waals surface area contributed by atoms with E-state index in [0.717, 1.165) is 12.1 Å². The lowest BCUT2D eigenvalue weighted by molar-refractivity contribution is -0.0990. The van der Waals surface area contributed by atoms with E-state index in [9.17, 15) is 23.1 Å².